The van der Waals surface area contributed by atoms with Crippen LogP contribution in [0.2, 0.25) is 0 Å². The summed E-state index contributed by atoms with van der Waals surface area (Å²) in [5.41, 5.74) is 0.171. The number of aliphatic hydroxyl groups excluding tert-OH is 1. The van der Waals surface area contributed by atoms with Gasteiger partial charge in [0, 0.05) is 31.2 Å². The molecule has 140 valence electrons. The Balaban J connectivity index is 2.03. The summed E-state index contributed by atoms with van der Waals surface area (Å²) in [5.74, 6) is -1.86. The molecule has 1 aromatic carbocycles. The van der Waals surface area contributed by atoms with Crippen LogP contribution in [0.4, 0.5) is 10.1 Å². The number of carboxylic acid groups (broad SMARTS) is 1. The Hall–Kier alpha value is -3.00. The zero-order valence-electron chi connectivity index (χ0n) is 14.6. The summed E-state index contributed by atoms with van der Waals surface area (Å²) in [5, 5.41) is 19.5. The molecule has 0 bridgehead atoms. The van der Waals surface area contributed by atoms with E-state index >= 15 is 0 Å². The molecule has 1 aliphatic rings. The van der Waals surface area contributed by atoms with Gasteiger partial charge in [-0.2, -0.15) is 0 Å². The first-order valence-electron chi connectivity index (χ1n) is 8.72. The van der Waals surface area contributed by atoms with Crippen molar-refractivity contribution in [2.24, 2.45) is 0 Å². The molecular weight excluding hydrogens is 353 g/mol. The van der Waals surface area contributed by atoms with Crippen molar-refractivity contribution in [1.82, 2.24) is 9.55 Å². The van der Waals surface area contributed by atoms with Crippen molar-refractivity contribution in [2.45, 2.75) is 26.0 Å². The van der Waals surface area contributed by atoms with Crippen LogP contribution in [0.1, 0.15) is 23.7 Å². The van der Waals surface area contributed by atoms with Gasteiger partial charge in [0.1, 0.15) is 11.4 Å². The van der Waals surface area contributed by atoms with Crippen LogP contribution in [0.15, 0.2) is 29.3 Å². The monoisotopic (exact) mass is 371 g/mol. The number of hydrogen-bond acceptors (Lipinski definition) is 5. The summed E-state index contributed by atoms with van der Waals surface area (Å²) in [6.45, 7) is 3.13. The number of β-amino-alcohol motifs (C(OH)–C–C–N with tert-alkyl or cyclic N) is 1. The highest BCUT2D eigenvalue weighted by atomic mass is 19.1. The van der Waals surface area contributed by atoms with E-state index in [0.29, 0.717) is 42.8 Å². The van der Waals surface area contributed by atoms with Crippen LogP contribution in [0.3, 0.4) is 0 Å². The number of benzene rings is 1. The minimum atomic E-state index is -1.32. The Bertz CT molecular complexity index is 1140. The normalized spacial score (nSPS) is 17.1. The quantitative estimate of drug-likeness (QED) is 0.684. The maximum absolute atomic E-state index is 14.8. The average molecular weight is 371 g/mol. The van der Waals surface area contributed by atoms with Gasteiger partial charge in [0.15, 0.2) is 0 Å². The van der Waals surface area contributed by atoms with E-state index in [4.69, 9.17) is 0 Å². The molecule has 7 nitrogen and oxygen atoms in total. The maximum Gasteiger partial charge on any atom is 0.341 e. The van der Waals surface area contributed by atoms with Gasteiger partial charge in [-0.3, -0.25) is 9.78 Å². The molecule has 27 heavy (non-hydrogen) atoms. The predicted octanol–water partition coefficient (Wildman–Crippen LogP) is 1.98. The third-order valence-corrected chi connectivity index (χ3v) is 5.06. The fourth-order valence-corrected chi connectivity index (χ4v) is 3.68. The van der Waals surface area contributed by atoms with E-state index in [0.717, 1.165) is 0 Å². The van der Waals surface area contributed by atoms with Gasteiger partial charge >= 0.3 is 5.97 Å². The van der Waals surface area contributed by atoms with E-state index in [9.17, 15) is 24.2 Å². The number of aliphatic hydroxyl groups is 1. The molecule has 3 aromatic rings. The lowest BCUT2D eigenvalue weighted by atomic mass is 10.1. The number of aromatic carboxylic acids is 1. The number of halogens is 1. The number of anilines is 1. The molecule has 0 amide bonds. The number of carboxylic acids is 1. The van der Waals surface area contributed by atoms with E-state index in [1.165, 1.54) is 18.5 Å². The van der Waals surface area contributed by atoms with E-state index in [2.05, 4.69) is 4.98 Å². The van der Waals surface area contributed by atoms with Crippen molar-refractivity contribution < 1.29 is 19.4 Å². The number of hydrogen-bond donors (Lipinski definition) is 2. The Kier molecular flexibility index (Phi) is 4.07. The molecule has 1 aliphatic heterocycles. The van der Waals surface area contributed by atoms with Gasteiger partial charge < -0.3 is 19.7 Å². The molecule has 1 fully saturated rings. The van der Waals surface area contributed by atoms with Gasteiger partial charge in [0.25, 0.3) is 0 Å². The Labute approximate surface area is 153 Å². The van der Waals surface area contributed by atoms with Gasteiger partial charge in [-0.15, -0.1) is 0 Å². The summed E-state index contributed by atoms with van der Waals surface area (Å²) in [4.78, 5) is 30.3. The second-order valence-corrected chi connectivity index (χ2v) is 6.69. The highest BCUT2D eigenvalue weighted by molar-refractivity contribution is 6.07. The van der Waals surface area contributed by atoms with Crippen LogP contribution in [0.5, 0.6) is 0 Å². The number of nitrogens with zero attached hydrogens (tertiary/aromatic N) is 3. The van der Waals surface area contributed by atoms with Gasteiger partial charge in [0.05, 0.1) is 34.4 Å². The number of aromatic nitrogens is 2. The van der Waals surface area contributed by atoms with Crippen molar-refractivity contribution in [3.8, 4) is 0 Å². The number of pyridine rings is 2. The summed E-state index contributed by atoms with van der Waals surface area (Å²) < 4.78 is 16.4. The fourth-order valence-electron chi connectivity index (χ4n) is 3.68. The van der Waals surface area contributed by atoms with Crippen molar-refractivity contribution >= 4 is 33.5 Å². The second kappa shape index (κ2) is 6.31. The lowest BCUT2D eigenvalue weighted by molar-refractivity contribution is 0.0695. The van der Waals surface area contributed by atoms with Gasteiger partial charge in [-0.25, -0.2) is 9.18 Å². The highest BCUT2D eigenvalue weighted by Gasteiger charge is 2.24. The molecule has 0 aliphatic carbocycles. The molecule has 0 saturated carbocycles. The highest BCUT2D eigenvalue weighted by Crippen LogP contribution is 2.30. The van der Waals surface area contributed by atoms with Gasteiger partial charge in [0.2, 0.25) is 5.43 Å². The molecule has 1 atom stereocenters. The molecule has 0 spiro atoms. The van der Waals surface area contributed by atoms with Crippen LogP contribution < -0.4 is 10.3 Å². The third-order valence-electron chi connectivity index (χ3n) is 5.06. The zero-order valence-corrected chi connectivity index (χ0v) is 14.6. The Morgan fingerprint density at radius 2 is 2.19 bits per heavy atom. The smallest absolute Gasteiger partial charge is 0.341 e. The summed E-state index contributed by atoms with van der Waals surface area (Å²) in [6, 6.07) is 2.78. The van der Waals surface area contributed by atoms with Crippen molar-refractivity contribution in [3.63, 3.8) is 0 Å². The summed E-state index contributed by atoms with van der Waals surface area (Å²) in [7, 11) is 0. The number of aryl methyl sites for hydroxylation is 1. The standard InChI is InChI=1S/C19H18FN3O4/c1-2-22-9-12(19(26)27)18(25)17-11-5-13(20)15(23-4-3-10(24)8-23)6-14(11)21-7-16(17)22/h5-7,9-10,24H,2-4,8H2,1H3,(H,26,27). The molecular formula is C19H18FN3O4. The minimum absolute atomic E-state index is 0.147. The molecule has 8 heteroatoms. The Morgan fingerprint density at radius 1 is 1.41 bits per heavy atom. The van der Waals surface area contributed by atoms with E-state index in [-0.39, 0.29) is 16.3 Å². The largest absolute Gasteiger partial charge is 0.477 e. The first-order chi connectivity index (χ1) is 12.9. The lowest BCUT2D eigenvalue weighted by Crippen LogP contribution is -2.22. The van der Waals surface area contributed by atoms with Gasteiger partial charge in [-0.05, 0) is 25.5 Å². The zero-order chi connectivity index (χ0) is 19.3. The molecule has 3 heterocycles. The van der Waals surface area contributed by atoms with E-state index in [1.807, 2.05) is 6.92 Å². The SMILES string of the molecule is CCn1cc(C(=O)O)c(=O)c2c3cc(F)c(N4CCC(O)C4)cc3ncc21. The second-order valence-electron chi connectivity index (χ2n) is 6.69. The van der Waals surface area contributed by atoms with Crippen LogP contribution in [-0.4, -0.2) is 44.9 Å². The molecule has 1 saturated heterocycles. The maximum atomic E-state index is 14.8. The Morgan fingerprint density at radius 3 is 2.81 bits per heavy atom. The van der Waals surface area contributed by atoms with E-state index < -0.39 is 23.3 Å². The van der Waals surface area contributed by atoms with Crippen LogP contribution in [0.25, 0.3) is 21.8 Å². The fraction of sp³-hybridized carbons (Fsp3) is 0.316. The molecule has 4 rings (SSSR count). The van der Waals surface area contributed by atoms with Gasteiger partial charge in [-0.1, -0.05) is 0 Å². The number of rotatable bonds is 3. The summed E-state index contributed by atoms with van der Waals surface area (Å²) in [6.07, 6.45) is 2.86. The summed E-state index contributed by atoms with van der Waals surface area (Å²) >= 11 is 0. The number of carbonyl (C=O) groups is 1. The van der Waals surface area contributed by atoms with Crippen molar-refractivity contribution in [1.29, 1.82) is 0 Å². The topological polar surface area (TPSA) is 95.7 Å². The third kappa shape index (κ3) is 2.73. The number of fused-ring (bicyclic) bond motifs is 3. The van der Waals surface area contributed by atoms with Crippen LogP contribution in [-0.2, 0) is 6.54 Å². The van der Waals surface area contributed by atoms with Crippen molar-refractivity contribution in [3.05, 3.63) is 46.1 Å². The van der Waals surface area contributed by atoms with E-state index in [1.54, 1.807) is 15.5 Å². The molecule has 2 aromatic heterocycles. The lowest BCUT2D eigenvalue weighted by Gasteiger charge is -2.19. The predicted molar refractivity (Wildman–Crippen MR) is 98.9 cm³/mol. The molecule has 1 unspecified atom stereocenters. The first-order valence-corrected chi connectivity index (χ1v) is 8.72. The molecule has 0 radical (unpaired) electrons. The average Bonchev–Trinajstić information content (AvgIpc) is 3.07. The first kappa shape index (κ1) is 17.4. The van der Waals surface area contributed by atoms with Crippen molar-refractivity contribution in [2.75, 3.05) is 18.0 Å². The van der Waals surface area contributed by atoms with Crippen LogP contribution >= 0.6 is 0 Å². The molecule has 2 N–H and O–H groups in total. The minimum Gasteiger partial charge on any atom is -0.477 e. The van der Waals surface area contributed by atoms with Crippen LogP contribution in [0, 0.1) is 5.82 Å².